The molecule has 7 nitrogen and oxygen atoms in total. The van der Waals surface area contributed by atoms with Gasteiger partial charge in [0.15, 0.2) is 5.82 Å². The molecular weight excluding hydrogens is 410 g/mol. The Morgan fingerprint density at radius 3 is 2.45 bits per heavy atom. The van der Waals surface area contributed by atoms with Crippen molar-refractivity contribution >= 4 is 11.0 Å². The SMILES string of the molecule is CCCc1nc2c(C)cc(CN)cc2n1Cc1ccc(-c2ccccc2-c2nnn[nH]2)cc1. The maximum Gasteiger partial charge on any atom is 0.180 e. The average molecular weight is 438 g/mol. The summed E-state index contributed by atoms with van der Waals surface area (Å²) in [6.07, 6.45) is 2.00. The van der Waals surface area contributed by atoms with Crippen molar-refractivity contribution in [2.45, 2.75) is 39.8 Å². The predicted molar refractivity (Wildman–Crippen MR) is 131 cm³/mol. The van der Waals surface area contributed by atoms with Crippen molar-refractivity contribution in [3.8, 4) is 22.5 Å². The van der Waals surface area contributed by atoms with Crippen LogP contribution in [0.1, 0.15) is 35.9 Å². The maximum absolute atomic E-state index is 5.95. The number of aromatic nitrogens is 6. The molecule has 7 heteroatoms. The van der Waals surface area contributed by atoms with Crippen LogP contribution in [0, 0.1) is 6.92 Å². The highest BCUT2D eigenvalue weighted by atomic mass is 15.5. The lowest BCUT2D eigenvalue weighted by atomic mass is 9.98. The Kier molecular flexibility index (Phi) is 5.71. The molecule has 2 aromatic heterocycles. The highest BCUT2D eigenvalue weighted by Gasteiger charge is 2.14. The third-order valence-corrected chi connectivity index (χ3v) is 6.03. The number of hydrogen-bond acceptors (Lipinski definition) is 5. The van der Waals surface area contributed by atoms with Gasteiger partial charge in [-0.25, -0.2) is 10.1 Å². The molecule has 0 saturated heterocycles. The monoisotopic (exact) mass is 437 g/mol. The van der Waals surface area contributed by atoms with Gasteiger partial charge in [0.25, 0.3) is 0 Å². The van der Waals surface area contributed by atoms with Crippen LogP contribution in [-0.2, 0) is 19.5 Å². The number of fused-ring (bicyclic) bond motifs is 1. The van der Waals surface area contributed by atoms with Crippen molar-refractivity contribution in [1.29, 1.82) is 0 Å². The molecule has 0 unspecified atom stereocenters. The molecule has 0 aliphatic rings. The van der Waals surface area contributed by atoms with Gasteiger partial charge in [0.1, 0.15) is 5.82 Å². The lowest BCUT2D eigenvalue weighted by Crippen LogP contribution is -2.06. The lowest BCUT2D eigenvalue weighted by molar-refractivity contribution is 0.721. The molecule has 2 heterocycles. The minimum Gasteiger partial charge on any atom is -0.326 e. The smallest absolute Gasteiger partial charge is 0.180 e. The summed E-state index contributed by atoms with van der Waals surface area (Å²) < 4.78 is 2.34. The van der Waals surface area contributed by atoms with Gasteiger partial charge in [0, 0.05) is 25.1 Å². The van der Waals surface area contributed by atoms with E-state index in [0.29, 0.717) is 12.4 Å². The highest BCUT2D eigenvalue weighted by molar-refractivity contribution is 5.81. The molecule has 0 aliphatic heterocycles. The second kappa shape index (κ2) is 8.96. The van der Waals surface area contributed by atoms with Gasteiger partial charge >= 0.3 is 0 Å². The fourth-order valence-corrected chi connectivity index (χ4v) is 4.41. The number of benzene rings is 3. The van der Waals surface area contributed by atoms with E-state index in [2.05, 4.69) is 81.5 Å². The van der Waals surface area contributed by atoms with Crippen molar-refractivity contribution < 1.29 is 0 Å². The number of tetrazole rings is 1. The number of rotatable bonds is 7. The molecule has 166 valence electrons. The second-order valence-corrected chi connectivity index (χ2v) is 8.34. The summed E-state index contributed by atoms with van der Waals surface area (Å²) in [5.41, 5.74) is 14.9. The molecule has 0 saturated carbocycles. The van der Waals surface area contributed by atoms with Crippen LogP contribution >= 0.6 is 0 Å². The Hall–Kier alpha value is -3.84. The Labute approximate surface area is 192 Å². The molecule has 0 radical (unpaired) electrons. The summed E-state index contributed by atoms with van der Waals surface area (Å²) >= 11 is 0. The fourth-order valence-electron chi connectivity index (χ4n) is 4.41. The van der Waals surface area contributed by atoms with Crippen LogP contribution in [0.25, 0.3) is 33.5 Å². The minimum absolute atomic E-state index is 0.528. The van der Waals surface area contributed by atoms with E-state index in [-0.39, 0.29) is 0 Å². The number of H-pyrrole nitrogens is 1. The Morgan fingerprint density at radius 2 is 1.76 bits per heavy atom. The number of imidazole rings is 1. The quantitative estimate of drug-likeness (QED) is 0.386. The number of nitrogens with one attached hydrogen (secondary N) is 1. The van der Waals surface area contributed by atoms with E-state index in [9.17, 15) is 0 Å². The molecule has 0 fully saturated rings. The van der Waals surface area contributed by atoms with Gasteiger partial charge in [-0.1, -0.05) is 61.5 Å². The second-order valence-electron chi connectivity index (χ2n) is 8.34. The van der Waals surface area contributed by atoms with Crippen LogP contribution in [0.3, 0.4) is 0 Å². The largest absolute Gasteiger partial charge is 0.326 e. The molecule has 0 bridgehead atoms. The lowest BCUT2D eigenvalue weighted by Gasteiger charge is -2.12. The predicted octanol–water partition coefficient (Wildman–Crippen LogP) is 4.65. The van der Waals surface area contributed by atoms with Crippen molar-refractivity contribution in [1.82, 2.24) is 30.2 Å². The molecule has 5 rings (SSSR count). The molecule has 3 N–H and O–H groups in total. The summed E-state index contributed by atoms with van der Waals surface area (Å²) in [5.74, 6) is 1.78. The topological polar surface area (TPSA) is 98.3 Å². The van der Waals surface area contributed by atoms with Gasteiger partial charge in [0.2, 0.25) is 0 Å². The van der Waals surface area contributed by atoms with E-state index in [1.165, 1.54) is 11.1 Å². The molecule has 0 spiro atoms. The van der Waals surface area contributed by atoms with Crippen molar-refractivity contribution in [3.05, 3.63) is 83.2 Å². The summed E-state index contributed by atoms with van der Waals surface area (Å²) in [6, 6.07) is 21.2. The van der Waals surface area contributed by atoms with Gasteiger partial charge in [-0.05, 0) is 57.7 Å². The first-order chi connectivity index (χ1) is 16.2. The van der Waals surface area contributed by atoms with E-state index in [0.717, 1.165) is 58.5 Å². The third-order valence-electron chi connectivity index (χ3n) is 6.03. The zero-order valence-corrected chi connectivity index (χ0v) is 18.9. The Morgan fingerprint density at radius 1 is 0.970 bits per heavy atom. The fraction of sp³-hybridized carbons (Fsp3) is 0.231. The van der Waals surface area contributed by atoms with E-state index in [4.69, 9.17) is 10.7 Å². The first-order valence-electron chi connectivity index (χ1n) is 11.3. The van der Waals surface area contributed by atoms with Crippen LogP contribution in [0.2, 0.25) is 0 Å². The highest BCUT2D eigenvalue weighted by Crippen LogP contribution is 2.30. The number of aryl methyl sites for hydroxylation is 2. The van der Waals surface area contributed by atoms with E-state index in [1.54, 1.807) is 0 Å². The zero-order chi connectivity index (χ0) is 22.8. The molecule has 5 aromatic rings. The summed E-state index contributed by atoms with van der Waals surface area (Å²) in [5, 5.41) is 14.4. The zero-order valence-electron chi connectivity index (χ0n) is 18.9. The van der Waals surface area contributed by atoms with E-state index >= 15 is 0 Å². The summed E-state index contributed by atoms with van der Waals surface area (Å²) in [7, 11) is 0. The standard InChI is InChI=1S/C26H27N7/c1-3-6-24-28-25-17(2)13-19(15-27)14-23(25)33(24)16-18-9-11-20(12-10-18)21-7-4-5-8-22(21)26-29-31-32-30-26/h4-5,7-14H,3,6,15-16,27H2,1-2H3,(H,29,30,31,32). The molecule has 0 amide bonds. The van der Waals surface area contributed by atoms with E-state index in [1.807, 2.05) is 18.2 Å². The average Bonchev–Trinajstić information content (AvgIpc) is 3.49. The van der Waals surface area contributed by atoms with Crippen LogP contribution in [0.4, 0.5) is 0 Å². The normalized spacial score (nSPS) is 11.4. The Bertz CT molecular complexity index is 1380. The van der Waals surface area contributed by atoms with Crippen molar-refractivity contribution in [2.75, 3.05) is 0 Å². The van der Waals surface area contributed by atoms with Crippen LogP contribution < -0.4 is 5.73 Å². The number of nitrogens with zero attached hydrogens (tertiary/aromatic N) is 5. The first-order valence-corrected chi connectivity index (χ1v) is 11.3. The maximum atomic E-state index is 5.95. The van der Waals surface area contributed by atoms with Crippen molar-refractivity contribution in [3.63, 3.8) is 0 Å². The molecular formula is C26H27N7. The van der Waals surface area contributed by atoms with Gasteiger partial charge in [-0.3, -0.25) is 0 Å². The van der Waals surface area contributed by atoms with Gasteiger partial charge in [-0.15, -0.1) is 5.10 Å². The first kappa shape index (κ1) is 21.0. The number of hydrogen-bond donors (Lipinski definition) is 2. The van der Waals surface area contributed by atoms with Crippen LogP contribution in [0.5, 0.6) is 0 Å². The molecule has 3 aromatic carbocycles. The van der Waals surface area contributed by atoms with Crippen LogP contribution in [0.15, 0.2) is 60.7 Å². The third kappa shape index (κ3) is 4.03. The van der Waals surface area contributed by atoms with Crippen molar-refractivity contribution in [2.24, 2.45) is 5.73 Å². The van der Waals surface area contributed by atoms with Gasteiger partial charge in [-0.2, -0.15) is 0 Å². The van der Waals surface area contributed by atoms with E-state index < -0.39 is 0 Å². The minimum atomic E-state index is 0.528. The Balaban J connectivity index is 1.51. The summed E-state index contributed by atoms with van der Waals surface area (Å²) in [4.78, 5) is 4.98. The molecule has 0 atom stereocenters. The van der Waals surface area contributed by atoms with Gasteiger partial charge in [0.05, 0.1) is 11.0 Å². The van der Waals surface area contributed by atoms with Gasteiger partial charge < -0.3 is 10.3 Å². The summed E-state index contributed by atoms with van der Waals surface area (Å²) in [6.45, 7) is 5.61. The number of nitrogens with two attached hydrogens (primary N) is 1. The number of aromatic amines is 1. The molecule has 33 heavy (non-hydrogen) atoms. The molecule has 0 aliphatic carbocycles. The van der Waals surface area contributed by atoms with Crippen LogP contribution in [-0.4, -0.2) is 30.2 Å².